The summed E-state index contributed by atoms with van der Waals surface area (Å²) in [7, 11) is 0. The Balaban J connectivity index is 1.49. The molecule has 0 unspecified atom stereocenters. The topological polar surface area (TPSA) is 55.1 Å². The molecule has 0 bridgehead atoms. The molecule has 0 atom stereocenters. The Labute approximate surface area is 193 Å². The number of carbonyl (C=O) groups is 1. The Morgan fingerprint density at radius 1 is 0.875 bits per heavy atom. The quantitative estimate of drug-likeness (QED) is 0.357. The largest absolute Gasteiger partial charge is 0.456 e. The second-order valence-electron chi connectivity index (χ2n) is 8.40. The summed E-state index contributed by atoms with van der Waals surface area (Å²) in [5, 5.41) is 5.36. The molecular formula is C27H28N2O2S. The number of thiazole rings is 1. The van der Waals surface area contributed by atoms with E-state index in [1.807, 2.05) is 23.6 Å². The van der Waals surface area contributed by atoms with E-state index in [4.69, 9.17) is 4.42 Å². The molecule has 0 spiro atoms. The molecule has 0 radical (unpaired) electrons. The zero-order valence-corrected chi connectivity index (χ0v) is 20.2. The molecule has 0 aliphatic heterocycles. The molecule has 32 heavy (non-hydrogen) atoms. The van der Waals surface area contributed by atoms with Crippen molar-refractivity contribution in [2.75, 3.05) is 5.32 Å². The molecule has 4 rings (SSSR count). The summed E-state index contributed by atoms with van der Waals surface area (Å²) in [6.07, 6.45) is 0.668. The van der Waals surface area contributed by atoms with Gasteiger partial charge in [0, 0.05) is 17.4 Å². The number of benzene rings is 2. The summed E-state index contributed by atoms with van der Waals surface area (Å²) in [5.74, 6) is 0.789. The summed E-state index contributed by atoms with van der Waals surface area (Å²) in [6, 6.07) is 11.8. The molecule has 5 heteroatoms. The van der Waals surface area contributed by atoms with Gasteiger partial charge in [0.1, 0.15) is 5.76 Å². The van der Waals surface area contributed by atoms with Crippen LogP contribution in [0, 0.1) is 41.5 Å². The molecule has 0 fully saturated rings. The van der Waals surface area contributed by atoms with E-state index in [1.165, 1.54) is 50.3 Å². The van der Waals surface area contributed by atoms with E-state index in [2.05, 4.69) is 64.0 Å². The molecular weight excluding hydrogens is 416 g/mol. The molecule has 1 N–H and O–H groups in total. The van der Waals surface area contributed by atoms with Crippen LogP contribution in [-0.4, -0.2) is 10.9 Å². The fraction of sp³-hybridized carbons (Fsp3) is 0.259. The van der Waals surface area contributed by atoms with Crippen molar-refractivity contribution >= 4 is 22.4 Å². The zero-order chi connectivity index (χ0) is 23.0. The smallest absolute Gasteiger partial charge is 0.293 e. The Kier molecular flexibility index (Phi) is 6.02. The standard InChI is InChI=1S/C27H28N2O2S/c1-15-7-9-21(10-8-15)24-14-32-27(28-24)29-26(30)25-12-11-22(31-25)13-23-19(5)17(3)16(2)18(4)20(23)6/h7-12,14H,13H2,1-6H3,(H,28,29,30). The molecule has 2 aromatic heterocycles. The summed E-state index contributed by atoms with van der Waals surface area (Å²) >= 11 is 1.40. The Morgan fingerprint density at radius 3 is 2.16 bits per heavy atom. The van der Waals surface area contributed by atoms with Crippen LogP contribution < -0.4 is 5.32 Å². The first-order valence-corrected chi connectivity index (χ1v) is 11.6. The predicted octanol–water partition coefficient (Wildman–Crippen LogP) is 7.10. The number of anilines is 1. The maximum atomic E-state index is 12.7. The van der Waals surface area contributed by atoms with E-state index < -0.39 is 0 Å². The zero-order valence-electron chi connectivity index (χ0n) is 19.4. The summed E-state index contributed by atoms with van der Waals surface area (Å²) in [4.78, 5) is 17.3. The van der Waals surface area contributed by atoms with Gasteiger partial charge in [-0.25, -0.2) is 4.98 Å². The Morgan fingerprint density at radius 2 is 1.50 bits per heavy atom. The molecule has 0 saturated carbocycles. The Hall–Kier alpha value is -3.18. The fourth-order valence-corrected chi connectivity index (χ4v) is 4.67. The van der Waals surface area contributed by atoms with Crippen LogP contribution in [0.25, 0.3) is 11.3 Å². The molecule has 0 aliphatic carbocycles. The SMILES string of the molecule is Cc1ccc(-c2csc(NC(=O)c3ccc(Cc4c(C)c(C)c(C)c(C)c4C)o3)n2)cc1. The minimum Gasteiger partial charge on any atom is -0.456 e. The lowest BCUT2D eigenvalue weighted by Gasteiger charge is -2.18. The van der Waals surface area contributed by atoms with E-state index in [0.717, 1.165) is 17.0 Å². The van der Waals surface area contributed by atoms with Crippen LogP contribution in [0.3, 0.4) is 0 Å². The first kappa shape index (κ1) is 22.0. The van der Waals surface area contributed by atoms with Crippen LogP contribution in [0.4, 0.5) is 5.13 Å². The second-order valence-corrected chi connectivity index (χ2v) is 9.26. The summed E-state index contributed by atoms with van der Waals surface area (Å²) in [5.41, 5.74) is 10.9. The minimum absolute atomic E-state index is 0.286. The third-order valence-corrected chi connectivity index (χ3v) is 7.22. The van der Waals surface area contributed by atoms with Crippen LogP contribution in [0.15, 0.2) is 46.2 Å². The highest BCUT2D eigenvalue weighted by atomic mass is 32.1. The van der Waals surface area contributed by atoms with Gasteiger partial charge in [0.15, 0.2) is 10.9 Å². The van der Waals surface area contributed by atoms with Crippen molar-refractivity contribution < 1.29 is 9.21 Å². The lowest BCUT2D eigenvalue weighted by atomic mass is 9.88. The van der Waals surface area contributed by atoms with Gasteiger partial charge in [-0.1, -0.05) is 29.8 Å². The first-order valence-electron chi connectivity index (χ1n) is 10.7. The molecule has 1 amide bonds. The van der Waals surface area contributed by atoms with Gasteiger partial charge >= 0.3 is 0 Å². The van der Waals surface area contributed by atoms with E-state index in [1.54, 1.807) is 6.07 Å². The van der Waals surface area contributed by atoms with Crippen LogP contribution in [0.5, 0.6) is 0 Å². The number of hydrogen-bond donors (Lipinski definition) is 1. The van der Waals surface area contributed by atoms with Gasteiger partial charge in [0.2, 0.25) is 0 Å². The third-order valence-electron chi connectivity index (χ3n) is 6.46. The molecule has 0 aliphatic rings. The number of hydrogen-bond acceptors (Lipinski definition) is 4. The van der Waals surface area contributed by atoms with Crippen molar-refractivity contribution in [2.45, 2.75) is 48.0 Å². The number of furan rings is 1. The second kappa shape index (κ2) is 8.75. The van der Waals surface area contributed by atoms with E-state index in [-0.39, 0.29) is 5.91 Å². The van der Waals surface area contributed by atoms with Gasteiger partial charge in [-0.2, -0.15) is 0 Å². The molecule has 0 saturated heterocycles. The summed E-state index contributed by atoms with van der Waals surface area (Å²) < 4.78 is 5.91. The average Bonchev–Trinajstić information content (AvgIpc) is 3.44. The highest BCUT2D eigenvalue weighted by Crippen LogP contribution is 2.29. The monoisotopic (exact) mass is 444 g/mol. The van der Waals surface area contributed by atoms with E-state index in [9.17, 15) is 4.79 Å². The van der Waals surface area contributed by atoms with Crippen molar-refractivity contribution in [3.05, 3.63) is 92.2 Å². The number of rotatable bonds is 5. The predicted molar refractivity (Wildman–Crippen MR) is 132 cm³/mol. The van der Waals surface area contributed by atoms with Gasteiger partial charge in [-0.3, -0.25) is 10.1 Å². The average molecular weight is 445 g/mol. The van der Waals surface area contributed by atoms with Gasteiger partial charge in [0.25, 0.3) is 5.91 Å². The van der Waals surface area contributed by atoms with Crippen molar-refractivity contribution in [1.82, 2.24) is 4.98 Å². The highest BCUT2D eigenvalue weighted by Gasteiger charge is 2.17. The number of aryl methyl sites for hydroxylation is 1. The summed E-state index contributed by atoms with van der Waals surface area (Å²) in [6.45, 7) is 12.9. The molecule has 2 heterocycles. The van der Waals surface area contributed by atoms with E-state index >= 15 is 0 Å². The van der Waals surface area contributed by atoms with Crippen molar-refractivity contribution in [3.8, 4) is 11.3 Å². The van der Waals surface area contributed by atoms with Crippen LogP contribution in [0.2, 0.25) is 0 Å². The maximum absolute atomic E-state index is 12.7. The maximum Gasteiger partial charge on any atom is 0.293 e. The number of amides is 1. The molecule has 164 valence electrons. The Bertz CT molecular complexity index is 1270. The third kappa shape index (κ3) is 4.26. The number of nitrogens with one attached hydrogen (secondary N) is 1. The van der Waals surface area contributed by atoms with Crippen LogP contribution >= 0.6 is 11.3 Å². The first-order chi connectivity index (χ1) is 15.2. The van der Waals surface area contributed by atoms with Crippen LogP contribution in [0.1, 0.15) is 55.3 Å². The minimum atomic E-state index is -0.286. The molecule has 4 aromatic rings. The normalized spacial score (nSPS) is 11.1. The number of aromatic nitrogens is 1. The van der Waals surface area contributed by atoms with Crippen molar-refractivity contribution in [2.24, 2.45) is 0 Å². The molecule has 4 nitrogen and oxygen atoms in total. The van der Waals surface area contributed by atoms with Crippen molar-refractivity contribution in [3.63, 3.8) is 0 Å². The fourth-order valence-electron chi connectivity index (χ4n) is 3.96. The number of nitrogens with zero attached hydrogens (tertiary/aromatic N) is 1. The van der Waals surface area contributed by atoms with Gasteiger partial charge in [-0.15, -0.1) is 11.3 Å². The van der Waals surface area contributed by atoms with Gasteiger partial charge < -0.3 is 4.42 Å². The van der Waals surface area contributed by atoms with Gasteiger partial charge in [-0.05, 0) is 87.1 Å². The van der Waals surface area contributed by atoms with E-state index in [0.29, 0.717) is 17.3 Å². The number of carbonyl (C=O) groups excluding carboxylic acids is 1. The van der Waals surface area contributed by atoms with Gasteiger partial charge in [0.05, 0.1) is 5.69 Å². The lowest BCUT2D eigenvalue weighted by Crippen LogP contribution is -2.10. The molecule has 2 aromatic carbocycles. The highest BCUT2D eigenvalue weighted by molar-refractivity contribution is 7.14. The van der Waals surface area contributed by atoms with Crippen molar-refractivity contribution in [1.29, 1.82) is 0 Å². The van der Waals surface area contributed by atoms with Crippen LogP contribution in [-0.2, 0) is 6.42 Å². The lowest BCUT2D eigenvalue weighted by molar-refractivity contribution is 0.0995.